The number of carbonyl (C=O) groups excluding carboxylic acids is 2. The van der Waals surface area contributed by atoms with E-state index in [-0.39, 0.29) is 23.3 Å². The summed E-state index contributed by atoms with van der Waals surface area (Å²) >= 11 is 12.9. The molecule has 0 aliphatic carbocycles. The van der Waals surface area contributed by atoms with Crippen LogP contribution in [0.1, 0.15) is 49.5 Å². The summed E-state index contributed by atoms with van der Waals surface area (Å²) in [5.74, 6) is -0.342. The highest BCUT2D eigenvalue weighted by molar-refractivity contribution is 6.36. The Balaban J connectivity index is 2.06. The number of nitrogens with one attached hydrogen (secondary N) is 3. The van der Waals surface area contributed by atoms with Crippen molar-refractivity contribution in [3.8, 4) is 11.1 Å². The second-order valence-electron chi connectivity index (χ2n) is 9.57. The summed E-state index contributed by atoms with van der Waals surface area (Å²) in [7, 11) is 1.58. The number of hydrogen-bond acceptors (Lipinski definition) is 3. The second kappa shape index (κ2) is 7.80. The van der Waals surface area contributed by atoms with Crippen LogP contribution in [0.5, 0.6) is 0 Å². The molecule has 164 valence electrons. The van der Waals surface area contributed by atoms with E-state index < -0.39 is 5.41 Å². The summed E-state index contributed by atoms with van der Waals surface area (Å²) in [6.07, 6.45) is 1.46. The third-order valence-electron chi connectivity index (χ3n) is 6.27. The maximum atomic E-state index is 13.5. The monoisotopic (exact) mass is 459 g/mol. The number of amides is 2. The van der Waals surface area contributed by atoms with Gasteiger partial charge in [0.05, 0.1) is 16.0 Å². The molecule has 31 heavy (non-hydrogen) atoms. The van der Waals surface area contributed by atoms with Gasteiger partial charge in [0.15, 0.2) is 0 Å². The highest BCUT2D eigenvalue weighted by Crippen LogP contribution is 2.53. The van der Waals surface area contributed by atoms with Gasteiger partial charge in [-0.25, -0.2) is 0 Å². The van der Waals surface area contributed by atoms with Gasteiger partial charge in [-0.15, -0.1) is 0 Å². The molecule has 0 radical (unpaired) electrons. The van der Waals surface area contributed by atoms with Crippen molar-refractivity contribution in [3.05, 3.63) is 51.5 Å². The zero-order valence-corrected chi connectivity index (χ0v) is 19.7. The van der Waals surface area contributed by atoms with Gasteiger partial charge in [-0.05, 0) is 48.6 Å². The first-order valence-electron chi connectivity index (χ1n) is 10.5. The lowest BCUT2D eigenvalue weighted by Crippen LogP contribution is -2.47. The summed E-state index contributed by atoms with van der Waals surface area (Å²) in [4.78, 5) is 26.5. The predicted molar refractivity (Wildman–Crippen MR) is 126 cm³/mol. The van der Waals surface area contributed by atoms with Crippen LogP contribution < -0.4 is 16.0 Å². The van der Waals surface area contributed by atoms with E-state index in [4.69, 9.17) is 23.2 Å². The molecule has 0 saturated carbocycles. The Morgan fingerprint density at radius 1 is 1.26 bits per heavy atom. The first kappa shape index (κ1) is 22.1. The third kappa shape index (κ3) is 3.63. The molecule has 2 unspecified atom stereocenters. The van der Waals surface area contributed by atoms with E-state index >= 15 is 0 Å². The minimum atomic E-state index is -0.784. The Morgan fingerprint density at radius 2 is 2.00 bits per heavy atom. The number of benzene rings is 2. The quantitative estimate of drug-likeness (QED) is 0.603. The fourth-order valence-electron chi connectivity index (χ4n) is 5.06. The van der Waals surface area contributed by atoms with Crippen LogP contribution in [0.2, 0.25) is 10.0 Å². The summed E-state index contributed by atoms with van der Waals surface area (Å²) in [5.41, 5.74) is 2.54. The van der Waals surface area contributed by atoms with Crippen LogP contribution in [0.3, 0.4) is 0 Å². The second-order valence-corrected chi connectivity index (χ2v) is 10.4. The van der Waals surface area contributed by atoms with E-state index in [9.17, 15) is 9.59 Å². The van der Waals surface area contributed by atoms with Gasteiger partial charge in [-0.3, -0.25) is 9.59 Å². The fraction of sp³-hybridized carbons (Fsp3) is 0.417. The first-order valence-corrected chi connectivity index (χ1v) is 11.2. The number of fused-ring (bicyclic) bond motifs is 2. The lowest BCUT2D eigenvalue weighted by atomic mass is 9.68. The predicted octanol–water partition coefficient (Wildman–Crippen LogP) is 5.01. The summed E-state index contributed by atoms with van der Waals surface area (Å²) < 4.78 is 0. The number of anilines is 1. The molecule has 7 heteroatoms. The van der Waals surface area contributed by atoms with Crippen molar-refractivity contribution in [2.24, 2.45) is 5.41 Å². The van der Waals surface area contributed by atoms with Crippen LogP contribution in [0, 0.1) is 5.41 Å². The van der Waals surface area contributed by atoms with Crippen molar-refractivity contribution in [1.29, 1.82) is 0 Å². The Labute approximate surface area is 192 Å². The molecule has 1 spiro atoms. The number of carbonyl (C=O) groups is 2. The molecule has 3 N–H and O–H groups in total. The molecule has 2 aliphatic rings. The van der Waals surface area contributed by atoms with Gasteiger partial charge in [0, 0.05) is 34.9 Å². The molecule has 2 heterocycles. The minimum Gasteiger partial charge on any atom is -0.355 e. The van der Waals surface area contributed by atoms with Crippen LogP contribution in [-0.4, -0.2) is 31.4 Å². The summed E-state index contributed by atoms with van der Waals surface area (Å²) in [6, 6.07) is 8.99. The van der Waals surface area contributed by atoms with Crippen molar-refractivity contribution in [2.75, 3.05) is 18.9 Å². The zero-order chi connectivity index (χ0) is 22.6. The highest BCUT2D eigenvalue weighted by atomic mass is 35.5. The van der Waals surface area contributed by atoms with Crippen molar-refractivity contribution < 1.29 is 9.59 Å². The van der Waals surface area contributed by atoms with Gasteiger partial charge in [0.1, 0.15) is 0 Å². The fourth-order valence-corrected chi connectivity index (χ4v) is 5.54. The van der Waals surface area contributed by atoms with Gasteiger partial charge >= 0.3 is 0 Å². The lowest BCUT2D eigenvalue weighted by Gasteiger charge is -2.35. The number of hydrogen-bond donors (Lipinski definition) is 3. The molecule has 2 amide bonds. The maximum Gasteiger partial charge on any atom is 0.253 e. The van der Waals surface area contributed by atoms with E-state index in [1.807, 2.05) is 18.2 Å². The van der Waals surface area contributed by atoms with Gasteiger partial charge in [0.25, 0.3) is 5.91 Å². The topological polar surface area (TPSA) is 70.2 Å². The van der Waals surface area contributed by atoms with Gasteiger partial charge in [-0.2, -0.15) is 0 Å². The average molecular weight is 460 g/mol. The molecule has 0 bridgehead atoms. The van der Waals surface area contributed by atoms with Crippen molar-refractivity contribution >= 4 is 40.7 Å². The molecular formula is C24H27Cl2N3O2. The average Bonchev–Trinajstić information content (AvgIpc) is 3.21. The molecule has 1 fully saturated rings. The molecule has 1 saturated heterocycles. The summed E-state index contributed by atoms with van der Waals surface area (Å²) in [5, 5.41) is 10.2. The smallest absolute Gasteiger partial charge is 0.253 e. The van der Waals surface area contributed by atoms with Gasteiger partial charge in [-0.1, -0.05) is 56.1 Å². The van der Waals surface area contributed by atoms with E-state index in [0.29, 0.717) is 33.3 Å². The Bertz CT molecular complexity index is 1080. The SMILES string of the molecule is CNC(=O)c1c(Cl)cc2c(c1-c1cccc(Cl)c1)C1(CCNC1CC(C)(C)C)C(=O)N2. The third-order valence-corrected chi connectivity index (χ3v) is 6.80. The van der Waals surface area contributed by atoms with E-state index in [1.165, 1.54) is 0 Å². The van der Waals surface area contributed by atoms with E-state index in [1.54, 1.807) is 19.2 Å². The van der Waals surface area contributed by atoms with Crippen LogP contribution >= 0.6 is 23.2 Å². The molecule has 2 aliphatic heterocycles. The van der Waals surface area contributed by atoms with Crippen LogP contribution in [0.15, 0.2) is 30.3 Å². The van der Waals surface area contributed by atoms with Crippen LogP contribution in [0.25, 0.3) is 11.1 Å². The molecule has 2 aromatic rings. The first-order chi connectivity index (χ1) is 14.6. The molecule has 0 aromatic heterocycles. The molecule has 4 rings (SSSR count). The molecule has 2 atom stereocenters. The van der Waals surface area contributed by atoms with Crippen LogP contribution in [0.4, 0.5) is 5.69 Å². The van der Waals surface area contributed by atoms with Crippen molar-refractivity contribution in [3.63, 3.8) is 0 Å². The standard InChI is InChI=1S/C24H27Cl2N3O2/c1-23(2,3)12-17-24(8-9-28-17)20-16(29-22(24)31)11-15(26)19(21(30)27-4)18(20)13-6-5-7-14(25)10-13/h5-7,10-11,17,28H,8-9,12H2,1-4H3,(H,27,30)(H,29,31). The molecule has 5 nitrogen and oxygen atoms in total. The maximum absolute atomic E-state index is 13.5. The van der Waals surface area contributed by atoms with E-state index in [2.05, 4.69) is 36.7 Å². The van der Waals surface area contributed by atoms with E-state index in [0.717, 1.165) is 24.1 Å². The Kier molecular flexibility index (Phi) is 5.57. The number of halogens is 2. The molecular weight excluding hydrogens is 433 g/mol. The normalized spacial score (nSPS) is 22.5. The Morgan fingerprint density at radius 3 is 2.65 bits per heavy atom. The van der Waals surface area contributed by atoms with Gasteiger partial charge in [0.2, 0.25) is 5.91 Å². The van der Waals surface area contributed by atoms with Crippen molar-refractivity contribution in [1.82, 2.24) is 10.6 Å². The minimum absolute atomic E-state index is 0.0182. The Hall–Kier alpha value is -2.08. The van der Waals surface area contributed by atoms with Crippen molar-refractivity contribution in [2.45, 2.75) is 45.1 Å². The molecule has 2 aromatic carbocycles. The van der Waals surface area contributed by atoms with Gasteiger partial charge < -0.3 is 16.0 Å². The number of rotatable bonds is 3. The highest BCUT2D eigenvalue weighted by Gasteiger charge is 2.57. The lowest BCUT2D eigenvalue weighted by molar-refractivity contribution is -0.121. The van der Waals surface area contributed by atoms with Crippen LogP contribution in [-0.2, 0) is 10.2 Å². The summed E-state index contributed by atoms with van der Waals surface area (Å²) in [6.45, 7) is 7.24. The largest absolute Gasteiger partial charge is 0.355 e. The zero-order valence-electron chi connectivity index (χ0n) is 18.2.